The molecule has 0 radical (unpaired) electrons. The van der Waals surface area contributed by atoms with Crippen LogP contribution in [-0.4, -0.2) is 59.6 Å². The fraction of sp³-hybridized carbons (Fsp3) is 0.350. The third kappa shape index (κ3) is 4.46. The molecule has 1 saturated heterocycles. The Hall–Kier alpha value is -2.73. The Morgan fingerprint density at radius 2 is 1.96 bits per heavy atom. The fourth-order valence-electron chi connectivity index (χ4n) is 3.17. The summed E-state index contributed by atoms with van der Waals surface area (Å²) in [5.41, 5.74) is 3.16. The van der Waals surface area contributed by atoms with E-state index in [1.54, 1.807) is 12.3 Å². The summed E-state index contributed by atoms with van der Waals surface area (Å²) in [7, 11) is 0. The van der Waals surface area contributed by atoms with Gasteiger partial charge in [-0.3, -0.25) is 15.1 Å². The van der Waals surface area contributed by atoms with E-state index < -0.39 is 0 Å². The number of hydrogen-bond donors (Lipinski definition) is 2. The predicted molar refractivity (Wildman–Crippen MR) is 106 cm³/mol. The van der Waals surface area contributed by atoms with Gasteiger partial charge in [0.15, 0.2) is 6.29 Å². The van der Waals surface area contributed by atoms with Crippen molar-refractivity contribution in [2.24, 2.45) is 0 Å². The highest BCUT2D eigenvalue weighted by Crippen LogP contribution is 2.23. The molecule has 0 atom stereocenters. The Labute approximate surface area is 154 Å². The minimum Gasteiger partial charge on any atom is -0.369 e. The van der Waals surface area contributed by atoms with Crippen LogP contribution in [0.15, 0.2) is 36.5 Å². The highest BCUT2D eigenvalue weighted by atomic mass is 16.1. The van der Waals surface area contributed by atoms with Gasteiger partial charge >= 0.3 is 0 Å². The lowest BCUT2D eigenvalue weighted by Crippen LogP contribution is -2.46. The first-order valence-electron chi connectivity index (χ1n) is 9.04. The number of aromatic nitrogens is 2. The molecule has 0 bridgehead atoms. The maximum Gasteiger partial charge on any atom is 0.167 e. The van der Waals surface area contributed by atoms with Crippen molar-refractivity contribution in [3.63, 3.8) is 0 Å². The van der Waals surface area contributed by atoms with E-state index in [9.17, 15) is 4.79 Å². The molecular formula is C20H25N5O. The van der Waals surface area contributed by atoms with Gasteiger partial charge in [-0.1, -0.05) is 19.1 Å². The van der Waals surface area contributed by atoms with E-state index in [4.69, 9.17) is 5.41 Å². The number of nitrogens with zero attached hydrogens (tertiary/aromatic N) is 3. The summed E-state index contributed by atoms with van der Waals surface area (Å²) in [5.74, 6) is 0.628. The van der Waals surface area contributed by atoms with E-state index in [0.717, 1.165) is 37.4 Å². The Kier molecular flexibility index (Phi) is 5.96. The monoisotopic (exact) mass is 351 g/mol. The van der Waals surface area contributed by atoms with Crippen molar-refractivity contribution in [2.45, 2.75) is 13.3 Å². The molecule has 0 saturated carbocycles. The van der Waals surface area contributed by atoms with Crippen LogP contribution < -0.4 is 4.90 Å². The molecule has 1 aliphatic heterocycles. The molecular weight excluding hydrogens is 326 g/mol. The lowest BCUT2D eigenvalue weighted by molar-refractivity contribution is -0.102. The third-order valence-corrected chi connectivity index (χ3v) is 4.60. The molecule has 1 aromatic carbocycles. The second kappa shape index (κ2) is 8.58. The number of anilines is 1. The largest absolute Gasteiger partial charge is 0.369 e. The average Bonchev–Trinajstić information content (AvgIpc) is 3.16. The number of nitrogens with one attached hydrogen (secondary N) is 2. The number of carbonyl (C=O) groups excluding carboxylic acids is 1. The van der Waals surface area contributed by atoms with E-state index in [0.29, 0.717) is 12.1 Å². The van der Waals surface area contributed by atoms with Gasteiger partial charge in [0.1, 0.15) is 5.82 Å². The molecule has 1 aromatic heterocycles. The Morgan fingerprint density at radius 3 is 2.62 bits per heavy atom. The van der Waals surface area contributed by atoms with Gasteiger partial charge in [0.2, 0.25) is 0 Å². The van der Waals surface area contributed by atoms with E-state index in [-0.39, 0.29) is 5.71 Å². The number of hydrogen-bond acceptors (Lipinski definition) is 5. The number of piperazine rings is 1. The van der Waals surface area contributed by atoms with Crippen molar-refractivity contribution in [3.05, 3.63) is 42.4 Å². The van der Waals surface area contributed by atoms with Crippen LogP contribution in [0.2, 0.25) is 0 Å². The number of H-pyrrole nitrogens is 1. The first kappa shape index (κ1) is 18.1. The van der Waals surface area contributed by atoms with Crippen LogP contribution in [0.3, 0.4) is 0 Å². The Morgan fingerprint density at radius 1 is 1.23 bits per heavy atom. The molecule has 6 nitrogen and oxygen atoms in total. The SMILES string of the molecule is CCCN1CCN(c2ccc(-c3cnc(/C=C\C(=N)C=O)[nH]3)cc2)CC1. The molecule has 0 spiro atoms. The summed E-state index contributed by atoms with van der Waals surface area (Å²) in [6.07, 6.45) is 6.54. The predicted octanol–water partition coefficient (Wildman–Crippen LogP) is 2.84. The molecule has 6 heteroatoms. The number of allylic oxidation sites excluding steroid dienone is 1. The van der Waals surface area contributed by atoms with Gasteiger partial charge in [-0.05, 0) is 42.8 Å². The number of aldehydes is 1. The lowest BCUT2D eigenvalue weighted by Gasteiger charge is -2.36. The molecule has 136 valence electrons. The van der Waals surface area contributed by atoms with Crippen molar-refractivity contribution in [1.29, 1.82) is 5.41 Å². The van der Waals surface area contributed by atoms with E-state index in [1.807, 2.05) is 0 Å². The fourth-order valence-corrected chi connectivity index (χ4v) is 3.17. The molecule has 1 fully saturated rings. The summed E-state index contributed by atoms with van der Waals surface area (Å²) >= 11 is 0. The second-order valence-electron chi connectivity index (χ2n) is 6.46. The van der Waals surface area contributed by atoms with E-state index in [1.165, 1.54) is 24.7 Å². The zero-order chi connectivity index (χ0) is 18.4. The Balaban J connectivity index is 1.63. The smallest absolute Gasteiger partial charge is 0.167 e. The normalized spacial score (nSPS) is 15.5. The van der Waals surface area contributed by atoms with Crippen molar-refractivity contribution in [3.8, 4) is 11.3 Å². The van der Waals surface area contributed by atoms with Gasteiger partial charge in [-0.25, -0.2) is 4.98 Å². The average molecular weight is 351 g/mol. The zero-order valence-electron chi connectivity index (χ0n) is 15.1. The molecule has 2 aromatic rings. The molecule has 0 amide bonds. The van der Waals surface area contributed by atoms with Gasteiger partial charge in [0.25, 0.3) is 0 Å². The highest BCUT2D eigenvalue weighted by Gasteiger charge is 2.16. The topological polar surface area (TPSA) is 76.1 Å². The Bertz CT molecular complexity index is 770. The van der Waals surface area contributed by atoms with Crippen LogP contribution in [0.25, 0.3) is 17.3 Å². The van der Waals surface area contributed by atoms with Gasteiger partial charge in [0.05, 0.1) is 17.6 Å². The summed E-state index contributed by atoms with van der Waals surface area (Å²) in [6.45, 7) is 7.81. The van der Waals surface area contributed by atoms with Crippen LogP contribution in [0, 0.1) is 5.41 Å². The van der Waals surface area contributed by atoms with Crippen molar-refractivity contribution in [2.75, 3.05) is 37.6 Å². The summed E-state index contributed by atoms with van der Waals surface area (Å²) in [6, 6.07) is 8.51. The minimum absolute atomic E-state index is 0.0775. The number of rotatable bonds is 7. The van der Waals surface area contributed by atoms with Crippen LogP contribution >= 0.6 is 0 Å². The summed E-state index contributed by atoms with van der Waals surface area (Å²) < 4.78 is 0. The maximum absolute atomic E-state index is 10.5. The maximum atomic E-state index is 10.5. The van der Waals surface area contributed by atoms with Gasteiger partial charge in [-0.2, -0.15) is 0 Å². The first-order chi connectivity index (χ1) is 12.7. The molecule has 1 aliphatic rings. The first-order valence-corrected chi connectivity index (χ1v) is 9.04. The summed E-state index contributed by atoms with van der Waals surface area (Å²) in [4.78, 5) is 22.9. The highest BCUT2D eigenvalue weighted by molar-refractivity contribution is 6.33. The molecule has 0 unspecified atom stereocenters. The van der Waals surface area contributed by atoms with Crippen molar-refractivity contribution >= 4 is 23.8 Å². The van der Waals surface area contributed by atoms with Crippen LogP contribution in [0.1, 0.15) is 19.2 Å². The lowest BCUT2D eigenvalue weighted by atomic mass is 10.1. The molecule has 26 heavy (non-hydrogen) atoms. The standard InChI is InChI=1S/C20H25N5O/c1-2-9-24-10-12-25(13-11-24)18-6-3-16(4-7-18)19-14-22-20(23-19)8-5-17(21)15-26/h3-8,14-15,21H,2,9-13H2,1H3,(H,22,23)/b8-5-,21-17?. The van der Waals surface area contributed by atoms with Crippen molar-refractivity contribution in [1.82, 2.24) is 14.9 Å². The summed E-state index contributed by atoms with van der Waals surface area (Å²) in [5, 5.41) is 7.31. The number of aromatic amines is 1. The van der Waals surface area contributed by atoms with Gasteiger partial charge in [-0.15, -0.1) is 0 Å². The van der Waals surface area contributed by atoms with Crippen LogP contribution in [-0.2, 0) is 4.79 Å². The molecule has 2 heterocycles. The van der Waals surface area contributed by atoms with Crippen LogP contribution in [0.5, 0.6) is 0 Å². The number of benzene rings is 1. The van der Waals surface area contributed by atoms with Gasteiger partial charge < -0.3 is 9.88 Å². The molecule has 0 aliphatic carbocycles. The van der Waals surface area contributed by atoms with Crippen LogP contribution in [0.4, 0.5) is 5.69 Å². The number of carbonyl (C=O) groups is 1. The minimum atomic E-state index is -0.0775. The van der Waals surface area contributed by atoms with Gasteiger partial charge in [0, 0.05) is 31.9 Å². The molecule has 3 rings (SSSR count). The van der Waals surface area contributed by atoms with E-state index >= 15 is 0 Å². The quantitative estimate of drug-likeness (QED) is 0.594. The zero-order valence-corrected chi connectivity index (χ0v) is 15.1. The molecule has 2 N–H and O–H groups in total. The van der Waals surface area contributed by atoms with Crippen molar-refractivity contribution < 1.29 is 4.79 Å². The third-order valence-electron chi connectivity index (χ3n) is 4.60. The number of imidazole rings is 1. The van der Waals surface area contributed by atoms with E-state index in [2.05, 4.69) is 51.0 Å². The second-order valence-corrected chi connectivity index (χ2v) is 6.46.